The van der Waals surface area contributed by atoms with E-state index >= 15 is 0 Å². The maximum absolute atomic E-state index is 12.5. The van der Waals surface area contributed by atoms with Gasteiger partial charge < -0.3 is 10.2 Å². The molecule has 1 aliphatic rings. The molecule has 0 spiro atoms. The molecule has 19 heavy (non-hydrogen) atoms. The highest BCUT2D eigenvalue weighted by Gasteiger charge is 2.32. The van der Waals surface area contributed by atoms with Crippen LogP contribution < -0.4 is 5.32 Å². The molecule has 1 amide bonds. The number of amides is 1. The van der Waals surface area contributed by atoms with Crippen molar-refractivity contribution in [2.45, 2.75) is 39.2 Å². The summed E-state index contributed by atoms with van der Waals surface area (Å²) in [4.78, 5) is 18.8. The van der Waals surface area contributed by atoms with E-state index in [-0.39, 0.29) is 5.91 Å². The number of nitrogens with one attached hydrogen (secondary N) is 1. The molecule has 1 atom stereocenters. The van der Waals surface area contributed by atoms with E-state index in [4.69, 9.17) is 0 Å². The number of anilines is 1. The fourth-order valence-corrected chi connectivity index (χ4v) is 2.30. The van der Waals surface area contributed by atoms with Crippen molar-refractivity contribution in [3.63, 3.8) is 0 Å². The lowest BCUT2D eigenvalue weighted by Gasteiger charge is -2.25. The predicted molar refractivity (Wildman–Crippen MR) is 77.4 cm³/mol. The molecule has 0 aliphatic heterocycles. The van der Waals surface area contributed by atoms with Crippen LogP contribution in [0.5, 0.6) is 0 Å². The molecule has 1 saturated carbocycles. The fraction of sp³-hybridized carbons (Fsp3) is 0.600. The molecule has 1 fully saturated rings. The Bertz CT molecular complexity index is 446. The fourth-order valence-electron chi connectivity index (χ4n) is 2.30. The van der Waals surface area contributed by atoms with Crippen molar-refractivity contribution in [3.05, 3.63) is 23.4 Å². The van der Waals surface area contributed by atoms with Gasteiger partial charge in [0.05, 0.1) is 0 Å². The molecule has 4 nitrogen and oxygen atoms in total. The third-order valence-electron chi connectivity index (χ3n) is 3.98. The van der Waals surface area contributed by atoms with E-state index in [0.717, 1.165) is 23.5 Å². The molecule has 0 aromatic carbocycles. The van der Waals surface area contributed by atoms with Gasteiger partial charge in [-0.05, 0) is 44.2 Å². The maximum Gasteiger partial charge on any atom is 0.254 e. The van der Waals surface area contributed by atoms with Crippen molar-refractivity contribution in [3.8, 4) is 0 Å². The van der Waals surface area contributed by atoms with Crippen molar-refractivity contribution in [2.75, 3.05) is 19.4 Å². The minimum Gasteiger partial charge on any atom is -0.373 e. The lowest BCUT2D eigenvalue weighted by atomic mass is 10.1. The zero-order chi connectivity index (χ0) is 14.0. The Labute approximate surface area is 115 Å². The van der Waals surface area contributed by atoms with Gasteiger partial charge in [-0.1, -0.05) is 6.92 Å². The van der Waals surface area contributed by atoms with Crippen LogP contribution in [0.15, 0.2) is 12.1 Å². The molecule has 0 bridgehead atoms. The van der Waals surface area contributed by atoms with Crippen LogP contribution in [0.2, 0.25) is 0 Å². The summed E-state index contributed by atoms with van der Waals surface area (Å²) in [6, 6.07) is 4.06. The van der Waals surface area contributed by atoms with Gasteiger partial charge in [0, 0.05) is 31.4 Å². The highest BCUT2D eigenvalue weighted by molar-refractivity contribution is 5.95. The number of rotatable bonds is 5. The average molecular weight is 261 g/mol. The molecule has 1 aliphatic carbocycles. The van der Waals surface area contributed by atoms with Crippen LogP contribution in [0.3, 0.4) is 0 Å². The molecule has 0 saturated heterocycles. The Morgan fingerprint density at radius 1 is 1.53 bits per heavy atom. The van der Waals surface area contributed by atoms with E-state index in [1.54, 1.807) is 0 Å². The van der Waals surface area contributed by atoms with Crippen LogP contribution in [-0.4, -0.2) is 35.9 Å². The normalized spacial score (nSPS) is 16.0. The number of pyridine rings is 1. The third-order valence-corrected chi connectivity index (χ3v) is 3.98. The van der Waals surface area contributed by atoms with Gasteiger partial charge in [0.25, 0.3) is 5.91 Å². The van der Waals surface area contributed by atoms with Crippen molar-refractivity contribution >= 4 is 11.7 Å². The molecule has 0 radical (unpaired) electrons. The first-order valence-electron chi connectivity index (χ1n) is 7.02. The number of nitrogens with zero attached hydrogens (tertiary/aromatic N) is 2. The Balaban J connectivity index is 2.21. The van der Waals surface area contributed by atoms with Crippen molar-refractivity contribution < 1.29 is 4.79 Å². The first-order chi connectivity index (χ1) is 9.06. The van der Waals surface area contributed by atoms with Crippen LogP contribution in [-0.2, 0) is 6.42 Å². The maximum atomic E-state index is 12.5. The highest BCUT2D eigenvalue weighted by atomic mass is 16.2. The zero-order valence-corrected chi connectivity index (χ0v) is 12.2. The van der Waals surface area contributed by atoms with E-state index in [1.165, 1.54) is 12.8 Å². The van der Waals surface area contributed by atoms with Crippen LogP contribution >= 0.6 is 0 Å². The third kappa shape index (κ3) is 3.06. The molecule has 1 heterocycles. The summed E-state index contributed by atoms with van der Waals surface area (Å²) in [5.74, 6) is 1.54. The Kier molecular flexibility index (Phi) is 4.08. The lowest BCUT2D eigenvalue weighted by molar-refractivity contribution is 0.0727. The zero-order valence-electron chi connectivity index (χ0n) is 12.2. The highest BCUT2D eigenvalue weighted by Crippen LogP contribution is 2.35. The largest absolute Gasteiger partial charge is 0.373 e. The van der Waals surface area contributed by atoms with Crippen LogP contribution in [0.25, 0.3) is 0 Å². The number of aromatic nitrogens is 1. The van der Waals surface area contributed by atoms with Crippen molar-refractivity contribution in [1.29, 1.82) is 0 Å². The molecule has 1 aromatic rings. The van der Waals surface area contributed by atoms with Gasteiger partial charge in [0.2, 0.25) is 0 Å². The van der Waals surface area contributed by atoms with E-state index in [0.29, 0.717) is 12.0 Å². The van der Waals surface area contributed by atoms with Crippen molar-refractivity contribution in [1.82, 2.24) is 9.88 Å². The summed E-state index contributed by atoms with van der Waals surface area (Å²) in [6.07, 6.45) is 3.33. The van der Waals surface area contributed by atoms with Crippen LogP contribution in [0, 0.1) is 5.92 Å². The molecular weight excluding hydrogens is 238 g/mol. The number of aryl methyl sites for hydroxylation is 1. The number of hydrogen-bond acceptors (Lipinski definition) is 3. The summed E-state index contributed by atoms with van der Waals surface area (Å²) < 4.78 is 0. The summed E-state index contributed by atoms with van der Waals surface area (Å²) in [7, 11) is 3.73. The molecule has 4 heteroatoms. The number of carbonyl (C=O) groups excluding carboxylic acids is 1. The molecule has 2 rings (SSSR count). The Hall–Kier alpha value is -1.58. The second-order valence-corrected chi connectivity index (χ2v) is 5.33. The molecule has 104 valence electrons. The first-order valence-corrected chi connectivity index (χ1v) is 7.02. The Morgan fingerprint density at radius 3 is 2.74 bits per heavy atom. The second-order valence-electron chi connectivity index (χ2n) is 5.33. The van der Waals surface area contributed by atoms with Crippen LogP contribution in [0.4, 0.5) is 5.82 Å². The minimum absolute atomic E-state index is 0.0907. The quantitative estimate of drug-likeness (QED) is 0.886. The number of hydrogen-bond donors (Lipinski definition) is 1. The van der Waals surface area contributed by atoms with Gasteiger partial charge in [0.15, 0.2) is 0 Å². The smallest absolute Gasteiger partial charge is 0.254 e. The SMILES string of the molecule is CCc1cc(C(=O)N(C)C(C)C2CC2)cc(NC)n1. The summed E-state index contributed by atoms with van der Waals surface area (Å²) in [6.45, 7) is 4.18. The minimum atomic E-state index is 0.0907. The summed E-state index contributed by atoms with van der Waals surface area (Å²) >= 11 is 0. The van der Waals surface area contributed by atoms with Gasteiger partial charge >= 0.3 is 0 Å². The van der Waals surface area contributed by atoms with Gasteiger partial charge in [0.1, 0.15) is 5.82 Å². The molecule has 1 N–H and O–H groups in total. The van der Waals surface area contributed by atoms with E-state index in [2.05, 4.69) is 17.2 Å². The van der Waals surface area contributed by atoms with Gasteiger partial charge in [-0.2, -0.15) is 0 Å². The Morgan fingerprint density at radius 2 is 2.21 bits per heavy atom. The van der Waals surface area contributed by atoms with Gasteiger partial charge in [-0.3, -0.25) is 4.79 Å². The average Bonchev–Trinajstić information content (AvgIpc) is 3.28. The lowest BCUT2D eigenvalue weighted by Crippen LogP contribution is -2.36. The topological polar surface area (TPSA) is 45.2 Å². The van der Waals surface area contributed by atoms with Crippen molar-refractivity contribution in [2.24, 2.45) is 5.92 Å². The van der Waals surface area contributed by atoms with E-state index in [9.17, 15) is 4.79 Å². The molecule has 1 unspecified atom stereocenters. The second kappa shape index (κ2) is 5.59. The predicted octanol–water partition coefficient (Wildman–Crippen LogP) is 2.56. The molecule has 1 aromatic heterocycles. The summed E-state index contributed by atoms with van der Waals surface area (Å²) in [5, 5.41) is 3.02. The van der Waals surface area contributed by atoms with E-state index in [1.807, 2.05) is 38.1 Å². The van der Waals surface area contributed by atoms with E-state index < -0.39 is 0 Å². The van der Waals surface area contributed by atoms with Gasteiger partial charge in [-0.15, -0.1) is 0 Å². The standard InChI is InChI=1S/C15H23N3O/c1-5-13-8-12(9-14(16-3)17-13)15(19)18(4)10(2)11-6-7-11/h8-11H,5-7H2,1-4H3,(H,16,17). The van der Waals surface area contributed by atoms with Crippen LogP contribution in [0.1, 0.15) is 42.7 Å². The summed E-state index contributed by atoms with van der Waals surface area (Å²) in [5.41, 5.74) is 1.67. The first kappa shape index (κ1) is 13.8. The number of carbonyl (C=O) groups is 1. The monoisotopic (exact) mass is 261 g/mol. The molecular formula is C15H23N3O. The van der Waals surface area contributed by atoms with Gasteiger partial charge in [-0.25, -0.2) is 4.98 Å².